The van der Waals surface area contributed by atoms with Gasteiger partial charge in [-0.3, -0.25) is 0 Å². The van der Waals surface area contributed by atoms with Gasteiger partial charge in [-0.2, -0.15) is 0 Å². The van der Waals surface area contributed by atoms with Crippen molar-refractivity contribution in [3.8, 4) is 11.3 Å². The number of halogens is 2. The molecule has 2 nitrogen and oxygen atoms in total. The molecule has 3 rings (SSSR count). The van der Waals surface area contributed by atoms with Crippen molar-refractivity contribution in [1.82, 2.24) is 4.98 Å². The maximum Gasteiger partial charge on any atom is 0.209 e. The van der Waals surface area contributed by atoms with Crippen molar-refractivity contribution in [1.29, 1.82) is 0 Å². The van der Waals surface area contributed by atoms with Crippen LogP contribution in [0.25, 0.3) is 11.3 Å². The lowest BCUT2D eigenvalue weighted by Gasteiger charge is -1.96. The number of thiazole rings is 1. The lowest BCUT2D eigenvalue weighted by molar-refractivity contribution is 1.36. The summed E-state index contributed by atoms with van der Waals surface area (Å²) in [6, 6.07) is 15.4. The van der Waals surface area contributed by atoms with E-state index in [0.717, 1.165) is 16.8 Å². The van der Waals surface area contributed by atoms with E-state index in [-0.39, 0.29) is 0 Å². The van der Waals surface area contributed by atoms with E-state index in [0.29, 0.717) is 15.2 Å². The molecule has 0 aliphatic heterocycles. The van der Waals surface area contributed by atoms with Crippen molar-refractivity contribution in [2.24, 2.45) is 4.99 Å². The standard InChI is InChI=1S/C16H10Cl2N2S/c17-13-7-6-11(8-14(13)18)9-19-16-20-15(10-21-16)12-4-2-1-3-5-12/h1-10H/b19-9+. The Balaban J connectivity index is 1.81. The Morgan fingerprint density at radius 1 is 1.00 bits per heavy atom. The summed E-state index contributed by atoms with van der Waals surface area (Å²) in [5, 5.41) is 3.76. The minimum atomic E-state index is 0.518. The lowest BCUT2D eigenvalue weighted by atomic mass is 10.2. The van der Waals surface area contributed by atoms with Crippen LogP contribution in [0.5, 0.6) is 0 Å². The smallest absolute Gasteiger partial charge is 0.209 e. The number of hydrogen-bond donors (Lipinski definition) is 0. The first-order chi connectivity index (χ1) is 10.2. The zero-order chi connectivity index (χ0) is 14.7. The van der Waals surface area contributed by atoms with Crippen molar-refractivity contribution in [2.45, 2.75) is 0 Å². The first-order valence-corrected chi connectivity index (χ1v) is 7.86. The summed E-state index contributed by atoms with van der Waals surface area (Å²) in [5.74, 6) is 0. The fraction of sp³-hybridized carbons (Fsp3) is 0. The number of aliphatic imine (C=N–C) groups is 1. The van der Waals surface area contributed by atoms with Gasteiger partial charge in [0.1, 0.15) is 0 Å². The molecule has 1 aromatic heterocycles. The van der Waals surface area contributed by atoms with Crippen molar-refractivity contribution in [3.63, 3.8) is 0 Å². The molecule has 3 aromatic rings. The first kappa shape index (κ1) is 14.3. The maximum absolute atomic E-state index is 5.97. The second-order valence-electron chi connectivity index (χ2n) is 4.31. The van der Waals surface area contributed by atoms with Gasteiger partial charge in [0.15, 0.2) is 0 Å². The number of rotatable bonds is 3. The van der Waals surface area contributed by atoms with Crippen LogP contribution >= 0.6 is 34.5 Å². The van der Waals surface area contributed by atoms with Crippen LogP contribution < -0.4 is 0 Å². The summed E-state index contributed by atoms with van der Waals surface area (Å²) < 4.78 is 0. The third-order valence-electron chi connectivity index (χ3n) is 2.83. The molecule has 0 aliphatic carbocycles. The van der Waals surface area contributed by atoms with Crippen molar-refractivity contribution >= 4 is 45.9 Å². The molecule has 2 aromatic carbocycles. The van der Waals surface area contributed by atoms with E-state index in [1.54, 1.807) is 18.3 Å². The maximum atomic E-state index is 5.97. The summed E-state index contributed by atoms with van der Waals surface area (Å²) in [4.78, 5) is 8.87. The van der Waals surface area contributed by atoms with Gasteiger partial charge in [0.25, 0.3) is 0 Å². The normalized spacial score (nSPS) is 11.1. The SMILES string of the molecule is Clc1ccc(/C=N/c2nc(-c3ccccc3)cs2)cc1Cl. The van der Waals surface area contributed by atoms with Crippen LogP contribution in [0.3, 0.4) is 0 Å². The third kappa shape index (κ3) is 3.50. The van der Waals surface area contributed by atoms with Crippen LogP contribution in [0.4, 0.5) is 5.13 Å². The van der Waals surface area contributed by atoms with Crippen molar-refractivity contribution in [2.75, 3.05) is 0 Å². The van der Waals surface area contributed by atoms with Gasteiger partial charge in [-0.05, 0) is 17.7 Å². The van der Waals surface area contributed by atoms with Crippen LogP contribution in [0, 0.1) is 0 Å². The van der Waals surface area contributed by atoms with Gasteiger partial charge < -0.3 is 0 Å². The van der Waals surface area contributed by atoms with Crippen LogP contribution in [0.1, 0.15) is 5.56 Å². The molecule has 0 N–H and O–H groups in total. The molecule has 0 saturated carbocycles. The van der Waals surface area contributed by atoms with Gasteiger partial charge in [0.2, 0.25) is 5.13 Å². The Labute approximate surface area is 136 Å². The number of benzene rings is 2. The average molecular weight is 333 g/mol. The van der Waals surface area contributed by atoms with Crippen molar-refractivity contribution < 1.29 is 0 Å². The second kappa shape index (κ2) is 6.39. The zero-order valence-corrected chi connectivity index (χ0v) is 13.2. The van der Waals surface area contributed by atoms with Crippen LogP contribution in [0.15, 0.2) is 58.9 Å². The van der Waals surface area contributed by atoms with Crippen LogP contribution in [-0.2, 0) is 0 Å². The summed E-state index contributed by atoms with van der Waals surface area (Å²) in [6.45, 7) is 0. The average Bonchev–Trinajstić information content (AvgIpc) is 2.98. The highest BCUT2D eigenvalue weighted by Gasteiger charge is 2.03. The van der Waals surface area contributed by atoms with Crippen LogP contribution in [-0.4, -0.2) is 11.2 Å². The van der Waals surface area contributed by atoms with Gasteiger partial charge in [-0.1, -0.05) is 59.6 Å². The molecule has 5 heteroatoms. The molecule has 0 aliphatic rings. The van der Waals surface area contributed by atoms with Gasteiger partial charge in [0.05, 0.1) is 15.7 Å². The Hall–Kier alpha value is -1.68. The number of aromatic nitrogens is 1. The largest absolute Gasteiger partial charge is 0.227 e. The topological polar surface area (TPSA) is 25.2 Å². The van der Waals surface area contributed by atoms with Gasteiger partial charge in [-0.25, -0.2) is 9.98 Å². The molecule has 0 amide bonds. The Bertz CT molecular complexity index is 782. The predicted octanol–water partition coefficient (Wildman–Crippen LogP) is 5.87. The fourth-order valence-corrected chi connectivity index (χ4v) is 2.76. The van der Waals surface area contributed by atoms with Crippen molar-refractivity contribution in [3.05, 3.63) is 69.5 Å². The van der Waals surface area contributed by atoms with Gasteiger partial charge in [-0.15, -0.1) is 11.3 Å². The molecule has 0 fully saturated rings. The minimum absolute atomic E-state index is 0.518. The lowest BCUT2D eigenvalue weighted by Crippen LogP contribution is -1.81. The first-order valence-electron chi connectivity index (χ1n) is 6.22. The summed E-state index contributed by atoms with van der Waals surface area (Å²) in [5.41, 5.74) is 2.91. The summed E-state index contributed by atoms with van der Waals surface area (Å²) in [7, 11) is 0. The number of nitrogens with zero attached hydrogens (tertiary/aromatic N) is 2. The molecular formula is C16H10Cl2N2S. The molecule has 21 heavy (non-hydrogen) atoms. The van der Waals surface area contributed by atoms with E-state index in [1.165, 1.54) is 11.3 Å². The Morgan fingerprint density at radius 2 is 1.81 bits per heavy atom. The van der Waals surface area contributed by atoms with E-state index in [9.17, 15) is 0 Å². The number of hydrogen-bond acceptors (Lipinski definition) is 3. The Kier molecular flexibility index (Phi) is 4.34. The van der Waals surface area contributed by atoms with Crippen LogP contribution in [0.2, 0.25) is 10.0 Å². The van der Waals surface area contributed by atoms with E-state index in [1.807, 2.05) is 41.8 Å². The zero-order valence-electron chi connectivity index (χ0n) is 10.8. The molecule has 1 heterocycles. The van der Waals surface area contributed by atoms with E-state index < -0.39 is 0 Å². The summed E-state index contributed by atoms with van der Waals surface area (Å²) >= 11 is 13.4. The quantitative estimate of drug-likeness (QED) is 0.551. The fourth-order valence-electron chi connectivity index (χ4n) is 1.79. The highest BCUT2D eigenvalue weighted by atomic mass is 35.5. The molecule has 0 atom stereocenters. The molecule has 0 saturated heterocycles. The van der Waals surface area contributed by atoms with E-state index in [4.69, 9.17) is 23.2 Å². The summed E-state index contributed by atoms with van der Waals surface area (Å²) in [6.07, 6.45) is 1.73. The highest BCUT2D eigenvalue weighted by molar-refractivity contribution is 7.13. The highest BCUT2D eigenvalue weighted by Crippen LogP contribution is 2.27. The van der Waals surface area contributed by atoms with Gasteiger partial charge >= 0.3 is 0 Å². The van der Waals surface area contributed by atoms with E-state index >= 15 is 0 Å². The predicted molar refractivity (Wildman–Crippen MR) is 91.3 cm³/mol. The molecular weight excluding hydrogens is 323 g/mol. The third-order valence-corrected chi connectivity index (χ3v) is 4.32. The molecule has 0 bridgehead atoms. The second-order valence-corrected chi connectivity index (χ2v) is 5.96. The van der Waals surface area contributed by atoms with Gasteiger partial charge in [0, 0.05) is 17.2 Å². The Morgan fingerprint density at radius 3 is 2.57 bits per heavy atom. The molecule has 0 spiro atoms. The molecule has 0 unspecified atom stereocenters. The minimum Gasteiger partial charge on any atom is -0.227 e. The molecule has 104 valence electrons. The monoisotopic (exact) mass is 332 g/mol. The molecule has 0 radical (unpaired) electrons. The van der Waals surface area contributed by atoms with E-state index in [2.05, 4.69) is 9.98 Å².